The summed E-state index contributed by atoms with van der Waals surface area (Å²) < 4.78 is 40.8. The van der Waals surface area contributed by atoms with Gasteiger partial charge in [-0.1, -0.05) is 12.1 Å². The Morgan fingerprint density at radius 3 is 2.71 bits per heavy atom. The minimum atomic E-state index is -3.96. The number of carbonyl (C=O) groups is 2. The average Bonchev–Trinajstić information content (AvgIpc) is 3.56. The van der Waals surface area contributed by atoms with Gasteiger partial charge in [0, 0.05) is 30.8 Å². The van der Waals surface area contributed by atoms with Gasteiger partial charge in [0.1, 0.15) is 35.3 Å². The molecule has 0 radical (unpaired) electrons. The van der Waals surface area contributed by atoms with Crippen molar-refractivity contribution in [2.45, 2.75) is 57.7 Å². The third-order valence-electron chi connectivity index (χ3n) is 6.97. The number of aliphatic hydroxyl groups excluding tert-OH is 1. The van der Waals surface area contributed by atoms with Crippen LogP contribution in [0.5, 0.6) is 5.75 Å². The van der Waals surface area contributed by atoms with E-state index in [0.717, 1.165) is 0 Å². The number of likely N-dealkylation sites (N-methyl/N-ethyl adjacent to an activating group) is 1. The van der Waals surface area contributed by atoms with Crippen LogP contribution in [-0.4, -0.2) is 98.8 Å². The maximum atomic E-state index is 13.4. The van der Waals surface area contributed by atoms with Gasteiger partial charge in [-0.05, 0) is 49.4 Å². The zero-order chi connectivity index (χ0) is 29.9. The second kappa shape index (κ2) is 12.3. The van der Waals surface area contributed by atoms with Gasteiger partial charge in [-0.3, -0.25) is 9.59 Å². The van der Waals surface area contributed by atoms with Crippen LogP contribution in [0.2, 0.25) is 0 Å². The Morgan fingerprint density at radius 2 is 2.07 bits per heavy atom. The molecule has 3 heterocycles. The van der Waals surface area contributed by atoms with Crippen LogP contribution in [0.4, 0.5) is 5.69 Å². The lowest BCUT2D eigenvalue weighted by Gasteiger charge is -2.33. The number of rotatable bonds is 9. The number of benzene rings is 1. The summed E-state index contributed by atoms with van der Waals surface area (Å²) in [4.78, 5) is 27.5. The van der Waals surface area contributed by atoms with E-state index in [9.17, 15) is 23.1 Å². The minimum Gasteiger partial charge on any atom is -0.488 e. The molecule has 2 aromatic heterocycles. The molecule has 0 spiro atoms. The lowest BCUT2D eigenvalue weighted by molar-refractivity contribution is -0.134. The Bertz CT molecular complexity index is 1470. The number of nitrogens with zero attached hydrogens (tertiary/aromatic N) is 7. The summed E-state index contributed by atoms with van der Waals surface area (Å²) >= 11 is 0. The number of hydrogen-bond donors (Lipinski definition) is 2. The number of ether oxygens (including phenoxy) is 1. The molecule has 3 atom stereocenters. The van der Waals surface area contributed by atoms with Gasteiger partial charge in [-0.2, -0.15) is 4.31 Å². The molecule has 0 bridgehead atoms. The van der Waals surface area contributed by atoms with Crippen molar-refractivity contribution in [3.05, 3.63) is 41.5 Å². The summed E-state index contributed by atoms with van der Waals surface area (Å²) in [5.74, 6) is -0.364. The zero-order valence-corrected chi connectivity index (χ0v) is 24.3. The molecule has 0 fully saturated rings. The molecule has 1 aromatic carbocycles. The number of carbonyl (C=O) groups excluding carboxylic acids is 2. The van der Waals surface area contributed by atoms with Gasteiger partial charge in [0.15, 0.2) is 5.76 Å². The van der Waals surface area contributed by atoms with Crippen molar-refractivity contribution >= 4 is 27.5 Å². The number of fused-ring (bicyclic) bond motifs is 1. The maximum absolute atomic E-state index is 13.4. The van der Waals surface area contributed by atoms with Crippen molar-refractivity contribution in [3.63, 3.8) is 0 Å². The molecular formula is C25H34N8O7S. The smallest absolute Gasteiger partial charge is 0.248 e. The first-order chi connectivity index (χ1) is 19.4. The van der Waals surface area contributed by atoms with Crippen LogP contribution in [0.25, 0.3) is 0 Å². The third-order valence-corrected chi connectivity index (χ3v) is 9.04. The predicted octanol–water partition coefficient (Wildman–Crippen LogP) is 0.386. The van der Waals surface area contributed by atoms with E-state index in [1.54, 1.807) is 36.9 Å². The second-order valence-electron chi connectivity index (χ2n) is 10.2. The first kappa shape index (κ1) is 30.1. The van der Waals surface area contributed by atoms with Crippen molar-refractivity contribution in [1.29, 1.82) is 0 Å². The van der Waals surface area contributed by atoms with Crippen LogP contribution in [0.15, 0.2) is 33.9 Å². The van der Waals surface area contributed by atoms with Crippen LogP contribution >= 0.6 is 0 Å². The van der Waals surface area contributed by atoms with E-state index in [-0.39, 0.29) is 66.7 Å². The van der Waals surface area contributed by atoms with E-state index >= 15 is 0 Å². The first-order valence-electron chi connectivity index (χ1n) is 13.0. The molecule has 2 N–H and O–H groups in total. The number of aryl methyl sites for hydroxylation is 2. The Morgan fingerprint density at radius 1 is 1.32 bits per heavy atom. The monoisotopic (exact) mass is 590 g/mol. The fraction of sp³-hybridized carbons (Fsp3) is 0.520. The highest BCUT2D eigenvalue weighted by Gasteiger charge is 2.35. The predicted molar refractivity (Wildman–Crippen MR) is 144 cm³/mol. The second-order valence-corrected chi connectivity index (χ2v) is 12.2. The van der Waals surface area contributed by atoms with Gasteiger partial charge in [0.05, 0.1) is 25.6 Å². The molecule has 1 aliphatic heterocycles. The summed E-state index contributed by atoms with van der Waals surface area (Å²) in [5.41, 5.74) is 1.19. The number of nitrogens with one attached hydrogen (secondary N) is 1. The minimum absolute atomic E-state index is 0.00360. The molecule has 16 heteroatoms. The molecule has 15 nitrogen and oxygen atoms in total. The standard InChI is InChI=1S/C25H34N8O7S/c1-15-10-33(16(2)13-34)24(36)9-19-8-20(27-23(35)12-32-14-26-29-30-32)6-7-21(19)39-22(15)11-31(5)41(37,38)25-17(3)28-40-18(25)4/h6-8,14-16,22,34H,9-13H2,1-5H3,(H,27,35)/t15-,16-,22+/m1/s1. The largest absolute Gasteiger partial charge is 0.488 e. The molecule has 0 saturated carbocycles. The molecule has 0 unspecified atom stereocenters. The summed E-state index contributed by atoms with van der Waals surface area (Å²) in [6, 6.07) is 4.45. The first-order valence-corrected chi connectivity index (χ1v) is 14.4. The highest BCUT2D eigenvalue weighted by Crippen LogP contribution is 2.30. The van der Waals surface area contributed by atoms with Crippen LogP contribution in [-0.2, 0) is 32.6 Å². The highest BCUT2D eigenvalue weighted by atomic mass is 32.2. The molecule has 0 saturated heterocycles. The van der Waals surface area contributed by atoms with Crippen molar-refractivity contribution in [3.8, 4) is 5.75 Å². The van der Waals surface area contributed by atoms with Crippen LogP contribution in [0.1, 0.15) is 30.9 Å². The van der Waals surface area contributed by atoms with Crippen LogP contribution < -0.4 is 10.1 Å². The van der Waals surface area contributed by atoms with Gasteiger partial charge < -0.3 is 24.6 Å². The Labute approximate surface area is 237 Å². The third kappa shape index (κ3) is 6.71. The van der Waals surface area contributed by atoms with Gasteiger partial charge in [-0.25, -0.2) is 13.1 Å². The van der Waals surface area contributed by atoms with Gasteiger partial charge >= 0.3 is 0 Å². The zero-order valence-electron chi connectivity index (χ0n) is 23.5. The number of hydrogen-bond acceptors (Lipinski definition) is 11. The van der Waals surface area contributed by atoms with Crippen molar-refractivity contribution in [2.24, 2.45) is 5.92 Å². The summed E-state index contributed by atoms with van der Waals surface area (Å²) in [6.07, 6.45) is 0.592. The van der Waals surface area contributed by atoms with Crippen molar-refractivity contribution < 1.29 is 32.4 Å². The van der Waals surface area contributed by atoms with E-state index in [1.807, 2.05) is 6.92 Å². The SMILES string of the molecule is Cc1noc(C)c1S(=O)(=O)N(C)C[C@@H]1Oc2ccc(NC(=O)Cn3cnnn3)cc2CC(=O)N([C@H](C)CO)C[C@H]1C. The molecule has 3 aromatic rings. The van der Waals surface area contributed by atoms with Crippen LogP contribution in [0.3, 0.4) is 0 Å². The fourth-order valence-corrected chi connectivity index (χ4v) is 6.14. The summed E-state index contributed by atoms with van der Waals surface area (Å²) in [5, 5.41) is 27.1. The van der Waals surface area contributed by atoms with Gasteiger partial charge in [0.2, 0.25) is 21.8 Å². The Kier molecular flexibility index (Phi) is 9.04. The van der Waals surface area contributed by atoms with Gasteiger partial charge in [0.25, 0.3) is 0 Å². The molecule has 1 aliphatic rings. The number of anilines is 1. The number of aliphatic hydroxyl groups is 1. The van der Waals surface area contributed by atoms with E-state index < -0.39 is 22.2 Å². The van der Waals surface area contributed by atoms with E-state index in [0.29, 0.717) is 17.0 Å². The van der Waals surface area contributed by atoms with Crippen molar-refractivity contribution in [2.75, 3.05) is 32.1 Å². The van der Waals surface area contributed by atoms with Gasteiger partial charge in [-0.15, -0.1) is 5.10 Å². The molecular weight excluding hydrogens is 556 g/mol. The number of tetrazole rings is 1. The van der Waals surface area contributed by atoms with E-state index in [4.69, 9.17) is 9.26 Å². The molecule has 4 rings (SSSR count). The number of amides is 2. The average molecular weight is 591 g/mol. The van der Waals surface area contributed by atoms with Crippen molar-refractivity contribution in [1.82, 2.24) is 34.6 Å². The van der Waals surface area contributed by atoms with E-state index in [1.165, 1.54) is 29.3 Å². The topological polar surface area (TPSA) is 186 Å². The normalized spacial score (nSPS) is 18.7. The maximum Gasteiger partial charge on any atom is 0.248 e. The fourth-order valence-electron chi connectivity index (χ4n) is 4.68. The quantitative estimate of drug-likeness (QED) is 0.351. The molecule has 222 valence electrons. The number of aromatic nitrogens is 5. The highest BCUT2D eigenvalue weighted by molar-refractivity contribution is 7.89. The Hall–Kier alpha value is -3.89. The van der Waals surface area contributed by atoms with Crippen LogP contribution in [0, 0.1) is 19.8 Å². The Balaban J connectivity index is 1.64. The lowest BCUT2D eigenvalue weighted by Crippen LogP contribution is -2.48. The summed E-state index contributed by atoms with van der Waals surface area (Å²) in [6.45, 7) is 6.55. The molecule has 0 aliphatic carbocycles. The molecule has 2 amide bonds. The lowest BCUT2D eigenvalue weighted by atomic mass is 10.0. The van der Waals surface area contributed by atoms with E-state index in [2.05, 4.69) is 26.0 Å². The molecule has 41 heavy (non-hydrogen) atoms. The number of sulfonamides is 1. The summed E-state index contributed by atoms with van der Waals surface area (Å²) in [7, 11) is -2.51.